The lowest BCUT2D eigenvalue weighted by Gasteiger charge is -2.35. The van der Waals surface area contributed by atoms with Gasteiger partial charge < -0.3 is 9.64 Å². The Morgan fingerprint density at radius 1 is 0.964 bits per heavy atom. The van der Waals surface area contributed by atoms with Gasteiger partial charge in [-0.1, -0.05) is 11.6 Å². The molecule has 0 aliphatic carbocycles. The molecule has 0 saturated carbocycles. The summed E-state index contributed by atoms with van der Waals surface area (Å²) in [5.41, 5.74) is -0.116. The molecule has 2 aromatic rings. The number of anilines is 1. The lowest BCUT2D eigenvalue weighted by Crippen LogP contribution is -2.47. The van der Waals surface area contributed by atoms with Crippen LogP contribution in [0.5, 0.6) is 5.75 Å². The average Bonchev–Trinajstić information content (AvgIpc) is 2.69. The largest absolute Gasteiger partial charge is 0.492 e. The first-order chi connectivity index (χ1) is 13.4. The van der Waals surface area contributed by atoms with Gasteiger partial charge >= 0.3 is 0 Å². The summed E-state index contributed by atoms with van der Waals surface area (Å²) in [4.78, 5) is 25.1. The van der Waals surface area contributed by atoms with E-state index in [-0.39, 0.29) is 11.4 Å². The Morgan fingerprint density at radius 2 is 1.64 bits per heavy atom. The van der Waals surface area contributed by atoms with Gasteiger partial charge in [-0.15, -0.1) is 0 Å². The number of nitro groups is 2. The van der Waals surface area contributed by atoms with Crippen LogP contribution in [-0.4, -0.2) is 54.1 Å². The van der Waals surface area contributed by atoms with Crippen LogP contribution < -0.4 is 9.64 Å². The molecular formula is C18H19ClN4O5. The number of non-ortho nitro benzene ring substituents is 1. The van der Waals surface area contributed by atoms with Crippen LogP contribution >= 0.6 is 11.6 Å². The first kappa shape index (κ1) is 19.8. The van der Waals surface area contributed by atoms with Crippen molar-refractivity contribution in [3.63, 3.8) is 0 Å². The summed E-state index contributed by atoms with van der Waals surface area (Å²) in [5.74, 6) is 0.754. The minimum atomic E-state index is -0.630. The van der Waals surface area contributed by atoms with Crippen molar-refractivity contribution in [1.82, 2.24) is 4.90 Å². The molecule has 0 spiro atoms. The van der Waals surface area contributed by atoms with E-state index in [1.54, 1.807) is 12.1 Å². The van der Waals surface area contributed by atoms with Gasteiger partial charge in [0.1, 0.15) is 18.0 Å². The number of hydrogen-bond donors (Lipinski definition) is 0. The molecular weight excluding hydrogens is 388 g/mol. The Balaban J connectivity index is 1.54. The minimum Gasteiger partial charge on any atom is -0.492 e. The zero-order valence-electron chi connectivity index (χ0n) is 15.0. The van der Waals surface area contributed by atoms with Crippen molar-refractivity contribution in [2.24, 2.45) is 0 Å². The molecule has 1 fully saturated rings. The second-order valence-electron chi connectivity index (χ2n) is 6.32. The van der Waals surface area contributed by atoms with Gasteiger partial charge in [-0.3, -0.25) is 25.1 Å². The molecule has 9 nitrogen and oxygen atoms in total. The normalized spacial score (nSPS) is 14.7. The zero-order chi connectivity index (χ0) is 20.1. The molecule has 148 valence electrons. The number of nitrogens with zero attached hydrogens (tertiary/aromatic N) is 4. The Morgan fingerprint density at radius 3 is 2.25 bits per heavy atom. The van der Waals surface area contributed by atoms with Crippen LogP contribution in [0.25, 0.3) is 0 Å². The van der Waals surface area contributed by atoms with Crippen molar-refractivity contribution in [2.45, 2.75) is 0 Å². The molecule has 0 amide bonds. The summed E-state index contributed by atoms with van der Waals surface area (Å²) in [6, 6.07) is 10.9. The molecule has 10 heteroatoms. The maximum atomic E-state index is 11.3. The molecule has 1 aliphatic rings. The number of piperazine rings is 1. The number of halogens is 1. The van der Waals surface area contributed by atoms with Gasteiger partial charge in [-0.05, 0) is 30.3 Å². The fourth-order valence-electron chi connectivity index (χ4n) is 3.07. The third-order valence-electron chi connectivity index (χ3n) is 4.57. The van der Waals surface area contributed by atoms with E-state index in [4.69, 9.17) is 16.3 Å². The summed E-state index contributed by atoms with van der Waals surface area (Å²) < 4.78 is 5.69. The Kier molecular flexibility index (Phi) is 6.27. The first-order valence-electron chi connectivity index (χ1n) is 8.72. The number of rotatable bonds is 7. The molecule has 0 unspecified atom stereocenters. The molecule has 0 radical (unpaired) electrons. The van der Waals surface area contributed by atoms with Crippen LogP contribution in [0.1, 0.15) is 0 Å². The topological polar surface area (TPSA) is 102 Å². The summed E-state index contributed by atoms with van der Waals surface area (Å²) in [6.07, 6.45) is 0. The van der Waals surface area contributed by atoms with Gasteiger partial charge in [0, 0.05) is 43.8 Å². The van der Waals surface area contributed by atoms with Crippen LogP contribution in [0.2, 0.25) is 5.02 Å². The highest BCUT2D eigenvalue weighted by atomic mass is 35.5. The Bertz CT molecular complexity index is 854. The van der Waals surface area contributed by atoms with Crippen LogP contribution in [0.4, 0.5) is 17.1 Å². The Labute approximate surface area is 166 Å². The van der Waals surface area contributed by atoms with Crippen LogP contribution in [0.15, 0.2) is 42.5 Å². The summed E-state index contributed by atoms with van der Waals surface area (Å²) in [6.45, 7) is 3.90. The van der Waals surface area contributed by atoms with Crippen LogP contribution in [-0.2, 0) is 0 Å². The second kappa shape index (κ2) is 8.85. The maximum Gasteiger partial charge on any atom is 0.299 e. The van der Waals surface area contributed by atoms with Gasteiger partial charge in [-0.25, -0.2) is 0 Å². The highest BCUT2D eigenvalue weighted by Crippen LogP contribution is 2.32. The average molecular weight is 407 g/mol. The molecule has 1 aliphatic heterocycles. The minimum absolute atomic E-state index is 0.242. The van der Waals surface area contributed by atoms with Gasteiger partial charge in [0.25, 0.3) is 11.4 Å². The molecule has 0 atom stereocenters. The smallest absolute Gasteiger partial charge is 0.299 e. The van der Waals surface area contributed by atoms with E-state index in [2.05, 4.69) is 4.90 Å². The third kappa shape index (κ3) is 4.87. The predicted molar refractivity (Wildman–Crippen MR) is 105 cm³/mol. The highest BCUT2D eigenvalue weighted by molar-refractivity contribution is 6.30. The lowest BCUT2D eigenvalue weighted by molar-refractivity contribution is -0.393. The van der Waals surface area contributed by atoms with Crippen molar-refractivity contribution in [1.29, 1.82) is 0 Å². The SMILES string of the molecule is O=[N+]([O-])c1ccc(N2CCN(CCOc3ccc(Cl)cc3)CC2)c([N+](=O)[O-])c1. The molecule has 0 N–H and O–H groups in total. The monoisotopic (exact) mass is 406 g/mol. The number of benzene rings is 2. The van der Waals surface area contributed by atoms with Crippen molar-refractivity contribution in [3.05, 3.63) is 67.7 Å². The fraction of sp³-hybridized carbons (Fsp3) is 0.333. The molecule has 28 heavy (non-hydrogen) atoms. The van der Waals surface area contributed by atoms with Crippen LogP contribution in [0.3, 0.4) is 0 Å². The molecule has 1 saturated heterocycles. The van der Waals surface area contributed by atoms with Crippen molar-refractivity contribution < 1.29 is 14.6 Å². The predicted octanol–water partition coefficient (Wildman–Crippen LogP) is 3.36. The van der Waals surface area contributed by atoms with Crippen LogP contribution in [0, 0.1) is 20.2 Å². The van der Waals surface area contributed by atoms with Gasteiger partial charge in [0.2, 0.25) is 0 Å². The second-order valence-corrected chi connectivity index (χ2v) is 6.75. The molecule has 2 aromatic carbocycles. The fourth-order valence-corrected chi connectivity index (χ4v) is 3.20. The van der Waals surface area contributed by atoms with E-state index in [1.807, 2.05) is 17.0 Å². The van der Waals surface area contributed by atoms with Crippen molar-refractivity contribution in [3.8, 4) is 5.75 Å². The van der Waals surface area contributed by atoms with E-state index in [0.717, 1.165) is 31.5 Å². The molecule has 3 rings (SSSR count). The van der Waals surface area contributed by atoms with Gasteiger partial charge in [0.05, 0.1) is 15.9 Å². The van der Waals surface area contributed by atoms with Gasteiger partial charge in [0.15, 0.2) is 0 Å². The molecule has 0 aromatic heterocycles. The Hall–Kier alpha value is -2.91. The third-order valence-corrected chi connectivity index (χ3v) is 4.82. The van der Waals surface area contributed by atoms with E-state index in [9.17, 15) is 20.2 Å². The van der Waals surface area contributed by atoms with Crippen molar-refractivity contribution >= 4 is 28.7 Å². The number of nitro benzene ring substituents is 2. The molecule has 1 heterocycles. The van der Waals surface area contributed by atoms with Crippen molar-refractivity contribution in [2.75, 3.05) is 44.2 Å². The zero-order valence-corrected chi connectivity index (χ0v) is 15.7. The maximum absolute atomic E-state index is 11.3. The highest BCUT2D eigenvalue weighted by Gasteiger charge is 2.26. The molecule has 0 bridgehead atoms. The summed E-state index contributed by atoms with van der Waals surface area (Å²) in [7, 11) is 0. The van der Waals surface area contributed by atoms with E-state index < -0.39 is 9.85 Å². The summed E-state index contributed by atoms with van der Waals surface area (Å²) in [5, 5.41) is 22.8. The van der Waals surface area contributed by atoms with E-state index in [1.165, 1.54) is 12.1 Å². The summed E-state index contributed by atoms with van der Waals surface area (Å²) >= 11 is 5.84. The van der Waals surface area contributed by atoms with E-state index in [0.29, 0.717) is 30.4 Å². The van der Waals surface area contributed by atoms with E-state index >= 15 is 0 Å². The first-order valence-corrected chi connectivity index (χ1v) is 9.10. The lowest BCUT2D eigenvalue weighted by atomic mass is 10.2. The quantitative estimate of drug-likeness (QED) is 0.513. The number of hydrogen-bond acceptors (Lipinski definition) is 7. The van der Waals surface area contributed by atoms with Gasteiger partial charge in [-0.2, -0.15) is 0 Å². The number of ether oxygens (including phenoxy) is 1. The standard InChI is InChI=1S/C18H19ClN4O5/c19-14-1-4-16(5-2-14)28-12-11-20-7-9-21(10-8-20)17-6-3-15(22(24)25)13-18(17)23(26)27/h1-6,13H,7-12H2.